The van der Waals surface area contributed by atoms with Gasteiger partial charge in [0, 0.05) is 24.1 Å². The molecule has 4 heteroatoms. The Morgan fingerprint density at radius 3 is 2.90 bits per heavy atom. The van der Waals surface area contributed by atoms with E-state index >= 15 is 0 Å². The van der Waals surface area contributed by atoms with Gasteiger partial charge in [-0.3, -0.25) is 4.98 Å². The summed E-state index contributed by atoms with van der Waals surface area (Å²) in [7, 11) is 0. The maximum Gasteiger partial charge on any atom is 0.139 e. The monoisotopic (exact) mass is 296 g/mol. The van der Waals surface area contributed by atoms with Gasteiger partial charge in [0.15, 0.2) is 0 Å². The largest absolute Gasteiger partial charge is 0.487 e. The molecule has 0 bridgehead atoms. The molecule has 2 aromatic rings. The first-order valence-corrected chi connectivity index (χ1v) is 6.97. The van der Waals surface area contributed by atoms with Crippen LogP contribution in [0.5, 0.6) is 5.75 Å². The van der Waals surface area contributed by atoms with Crippen molar-refractivity contribution in [3.63, 3.8) is 0 Å². The number of ether oxygens (including phenoxy) is 1. The molecule has 0 unspecified atom stereocenters. The molecule has 3 nitrogen and oxygen atoms in total. The summed E-state index contributed by atoms with van der Waals surface area (Å²) in [5.41, 5.74) is 2.35. The number of aromatic nitrogens is 1. The highest BCUT2D eigenvalue weighted by Crippen LogP contribution is 2.13. The minimum Gasteiger partial charge on any atom is -0.487 e. The van der Waals surface area contributed by atoms with Crippen LogP contribution < -0.4 is 4.74 Å². The minimum absolute atomic E-state index is 0.385. The molecule has 0 N–H and O–H groups in total. The van der Waals surface area contributed by atoms with E-state index in [1.54, 1.807) is 24.5 Å². The van der Waals surface area contributed by atoms with Crippen LogP contribution in [0.2, 0.25) is 0 Å². The molecule has 2 rings (SSSR count). The lowest BCUT2D eigenvalue weighted by molar-refractivity contribution is 0.305. The molecule has 1 aromatic heterocycles. The summed E-state index contributed by atoms with van der Waals surface area (Å²) in [6, 6.07) is 11.3. The van der Waals surface area contributed by atoms with Crippen molar-refractivity contribution in [1.29, 1.82) is 5.26 Å². The zero-order valence-electron chi connectivity index (χ0n) is 11.3. The third kappa shape index (κ3) is 4.84. The highest BCUT2D eigenvalue weighted by Gasteiger charge is 1.99. The van der Waals surface area contributed by atoms with Crippen molar-refractivity contribution in [3.8, 4) is 23.7 Å². The van der Waals surface area contributed by atoms with Gasteiger partial charge in [0.2, 0.25) is 0 Å². The molecule has 0 spiro atoms. The minimum atomic E-state index is 0.385. The highest BCUT2D eigenvalue weighted by molar-refractivity contribution is 6.18. The standard InChI is InChI=1S/C17H13ClN2O/c18-7-2-1-4-15-9-17(12-20-11-15)21-13-16-6-3-5-14(8-16)10-19/h3,5-6,8-9,11-12H,2,7,13H2. The zero-order valence-corrected chi connectivity index (χ0v) is 12.1. The molecule has 21 heavy (non-hydrogen) atoms. The van der Waals surface area contributed by atoms with Crippen LogP contribution in [-0.4, -0.2) is 10.9 Å². The molecule has 104 valence electrons. The molecule has 0 aliphatic rings. The number of nitrogens with zero attached hydrogens (tertiary/aromatic N) is 2. The van der Waals surface area contributed by atoms with E-state index in [2.05, 4.69) is 22.9 Å². The van der Waals surface area contributed by atoms with Crippen LogP contribution in [0.1, 0.15) is 23.1 Å². The summed E-state index contributed by atoms with van der Waals surface area (Å²) in [5, 5.41) is 8.86. The van der Waals surface area contributed by atoms with Gasteiger partial charge in [-0.05, 0) is 23.8 Å². The Bertz CT molecular complexity index is 710. The summed E-state index contributed by atoms with van der Waals surface area (Å²) in [5.74, 6) is 7.10. The number of alkyl halides is 1. The average molecular weight is 297 g/mol. The summed E-state index contributed by atoms with van der Waals surface area (Å²) < 4.78 is 5.67. The summed E-state index contributed by atoms with van der Waals surface area (Å²) >= 11 is 5.58. The Morgan fingerprint density at radius 1 is 1.19 bits per heavy atom. The Morgan fingerprint density at radius 2 is 2.10 bits per heavy atom. The van der Waals surface area contributed by atoms with Gasteiger partial charge in [0.05, 0.1) is 17.8 Å². The molecule has 0 aliphatic heterocycles. The molecular weight excluding hydrogens is 284 g/mol. The van der Waals surface area contributed by atoms with Crippen molar-refractivity contribution in [2.75, 3.05) is 5.88 Å². The normalized spacial score (nSPS) is 9.33. The highest BCUT2D eigenvalue weighted by atomic mass is 35.5. The number of benzene rings is 1. The lowest BCUT2D eigenvalue weighted by atomic mass is 10.1. The van der Waals surface area contributed by atoms with Crippen molar-refractivity contribution in [3.05, 3.63) is 59.4 Å². The molecule has 0 saturated heterocycles. The first-order chi connectivity index (χ1) is 10.3. The first-order valence-electron chi connectivity index (χ1n) is 6.43. The van der Waals surface area contributed by atoms with Gasteiger partial charge >= 0.3 is 0 Å². The van der Waals surface area contributed by atoms with Crippen LogP contribution in [0.3, 0.4) is 0 Å². The third-order valence-corrected chi connectivity index (χ3v) is 2.82. The van der Waals surface area contributed by atoms with Crippen LogP contribution in [0.4, 0.5) is 0 Å². The Balaban J connectivity index is 2.02. The number of halogens is 1. The van der Waals surface area contributed by atoms with Crippen molar-refractivity contribution in [2.24, 2.45) is 0 Å². The number of hydrogen-bond acceptors (Lipinski definition) is 3. The molecule has 1 aromatic carbocycles. The van der Waals surface area contributed by atoms with Crippen LogP contribution in [0.15, 0.2) is 42.7 Å². The van der Waals surface area contributed by atoms with Crippen LogP contribution in [-0.2, 0) is 6.61 Å². The lowest BCUT2D eigenvalue weighted by Crippen LogP contribution is -1.96. The molecule has 0 fully saturated rings. The smallest absolute Gasteiger partial charge is 0.139 e. The van der Waals surface area contributed by atoms with Gasteiger partial charge in [-0.2, -0.15) is 5.26 Å². The quantitative estimate of drug-likeness (QED) is 0.640. The van der Waals surface area contributed by atoms with Crippen LogP contribution in [0.25, 0.3) is 0 Å². The van der Waals surface area contributed by atoms with E-state index in [1.165, 1.54) is 0 Å². The van der Waals surface area contributed by atoms with Crippen LogP contribution >= 0.6 is 11.6 Å². The molecule has 1 heterocycles. The lowest BCUT2D eigenvalue weighted by Gasteiger charge is -2.06. The maximum absolute atomic E-state index is 8.86. The van der Waals surface area contributed by atoms with Gasteiger partial charge in [0.25, 0.3) is 0 Å². The summed E-state index contributed by atoms with van der Waals surface area (Å²) in [4.78, 5) is 4.10. The van der Waals surface area contributed by atoms with Gasteiger partial charge < -0.3 is 4.74 Å². The van der Waals surface area contributed by atoms with Crippen molar-refractivity contribution >= 4 is 11.6 Å². The fourth-order valence-electron chi connectivity index (χ4n) is 1.68. The summed E-state index contributed by atoms with van der Waals surface area (Å²) in [6.07, 6.45) is 3.97. The van der Waals surface area contributed by atoms with E-state index in [1.807, 2.05) is 18.2 Å². The van der Waals surface area contributed by atoms with Gasteiger partial charge in [-0.25, -0.2) is 0 Å². The van der Waals surface area contributed by atoms with E-state index in [4.69, 9.17) is 21.6 Å². The fourth-order valence-corrected chi connectivity index (χ4v) is 1.77. The van der Waals surface area contributed by atoms with E-state index < -0.39 is 0 Å². The van der Waals surface area contributed by atoms with Crippen LogP contribution in [0, 0.1) is 23.2 Å². The number of rotatable bonds is 4. The SMILES string of the molecule is N#Cc1cccc(COc2cncc(C#CCCCl)c2)c1. The van der Waals surface area contributed by atoms with E-state index in [0.717, 1.165) is 11.1 Å². The van der Waals surface area contributed by atoms with Crippen molar-refractivity contribution in [1.82, 2.24) is 4.98 Å². The molecule has 0 atom stereocenters. The fraction of sp³-hybridized carbons (Fsp3) is 0.176. The van der Waals surface area contributed by atoms with E-state index in [-0.39, 0.29) is 0 Å². The van der Waals surface area contributed by atoms with Crippen molar-refractivity contribution < 1.29 is 4.74 Å². The number of nitriles is 1. The Labute approximate surface area is 129 Å². The Kier molecular flexibility index (Phi) is 5.64. The van der Waals surface area contributed by atoms with Gasteiger partial charge in [-0.1, -0.05) is 24.0 Å². The number of pyridine rings is 1. The predicted molar refractivity (Wildman–Crippen MR) is 81.9 cm³/mol. The molecule has 0 saturated carbocycles. The molecule has 0 aliphatic carbocycles. The third-order valence-electron chi connectivity index (χ3n) is 2.63. The zero-order chi connectivity index (χ0) is 14.9. The number of hydrogen-bond donors (Lipinski definition) is 0. The second-order valence-electron chi connectivity index (χ2n) is 4.25. The maximum atomic E-state index is 8.86. The van der Waals surface area contributed by atoms with Crippen molar-refractivity contribution in [2.45, 2.75) is 13.0 Å². The topological polar surface area (TPSA) is 45.9 Å². The predicted octanol–water partition coefficient (Wildman–Crippen LogP) is 3.51. The molecule has 0 radical (unpaired) electrons. The van der Waals surface area contributed by atoms with E-state index in [0.29, 0.717) is 30.2 Å². The average Bonchev–Trinajstić information content (AvgIpc) is 2.54. The second kappa shape index (κ2) is 7.94. The van der Waals surface area contributed by atoms with Gasteiger partial charge in [0.1, 0.15) is 12.4 Å². The molecule has 0 amide bonds. The first kappa shape index (κ1) is 14.9. The Hall–Kier alpha value is -2.49. The van der Waals surface area contributed by atoms with Gasteiger partial charge in [-0.15, -0.1) is 11.6 Å². The summed E-state index contributed by atoms with van der Waals surface area (Å²) in [6.45, 7) is 0.385. The molecular formula is C17H13ClN2O. The van der Waals surface area contributed by atoms with E-state index in [9.17, 15) is 0 Å². The second-order valence-corrected chi connectivity index (χ2v) is 4.63.